The van der Waals surface area contributed by atoms with Crippen LogP contribution >= 0.6 is 24.0 Å². The first-order chi connectivity index (χ1) is 12.9. The summed E-state index contributed by atoms with van der Waals surface area (Å²) in [4.78, 5) is 31.2. The maximum Gasteiger partial charge on any atom is 0.266 e. The lowest BCUT2D eigenvalue weighted by atomic mass is 10.1. The van der Waals surface area contributed by atoms with Gasteiger partial charge in [-0.2, -0.15) is 0 Å². The van der Waals surface area contributed by atoms with E-state index >= 15 is 0 Å². The molecule has 2 saturated heterocycles. The van der Waals surface area contributed by atoms with Gasteiger partial charge in [-0.05, 0) is 31.2 Å². The average Bonchev–Trinajstić information content (AvgIpc) is 2.90. The van der Waals surface area contributed by atoms with Crippen molar-refractivity contribution in [3.8, 4) is 0 Å². The highest BCUT2D eigenvalue weighted by atomic mass is 32.2. The zero-order valence-corrected chi connectivity index (χ0v) is 17.2. The third kappa shape index (κ3) is 5.06. The van der Waals surface area contributed by atoms with Crippen molar-refractivity contribution in [3.05, 3.63) is 52.4 Å². The smallest absolute Gasteiger partial charge is 0.266 e. The summed E-state index contributed by atoms with van der Waals surface area (Å²) in [5.41, 5.74) is 2.04. The van der Waals surface area contributed by atoms with Crippen molar-refractivity contribution in [1.82, 2.24) is 14.7 Å². The largest absolute Gasteiger partial charge is 0.339 e. The number of likely N-dealkylation sites (N-methyl/N-ethyl adjacent to an activating group) is 1. The molecule has 0 spiro atoms. The third-order valence-corrected chi connectivity index (χ3v) is 5.95. The summed E-state index contributed by atoms with van der Waals surface area (Å²) >= 11 is 6.60. The average molecular weight is 402 g/mol. The van der Waals surface area contributed by atoms with Gasteiger partial charge >= 0.3 is 0 Å². The monoisotopic (exact) mass is 401 g/mol. The van der Waals surface area contributed by atoms with E-state index in [1.165, 1.54) is 16.7 Å². The fourth-order valence-corrected chi connectivity index (χ4v) is 4.29. The minimum absolute atomic E-state index is 0.0210. The van der Waals surface area contributed by atoms with E-state index in [-0.39, 0.29) is 18.4 Å². The van der Waals surface area contributed by atoms with Gasteiger partial charge in [0.15, 0.2) is 0 Å². The van der Waals surface area contributed by atoms with Crippen LogP contribution in [0.4, 0.5) is 0 Å². The van der Waals surface area contributed by atoms with Crippen molar-refractivity contribution in [2.75, 3.05) is 39.8 Å². The van der Waals surface area contributed by atoms with Crippen molar-refractivity contribution >= 4 is 46.2 Å². The molecule has 0 radical (unpaired) electrons. The number of piperazine rings is 1. The molecule has 2 amide bonds. The van der Waals surface area contributed by atoms with Crippen LogP contribution in [0.2, 0.25) is 0 Å². The number of thiocarbonyl (C=S) groups is 1. The van der Waals surface area contributed by atoms with E-state index in [4.69, 9.17) is 12.2 Å². The number of rotatable bonds is 4. The predicted molar refractivity (Wildman–Crippen MR) is 114 cm³/mol. The van der Waals surface area contributed by atoms with Crippen molar-refractivity contribution < 1.29 is 9.59 Å². The number of carbonyl (C=O) groups is 2. The fraction of sp³-hybridized carbons (Fsp3) is 0.350. The molecule has 0 aromatic heterocycles. The van der Waals surface area contributed by atoms with Crippen LogP contribution in [0.1, 0.15) is 12.5 Å². The lowest BCUT2D eigenvalue weighted by Gasteiger charge is -2.33. The molecule has 3 rings (SSSR count). The number of hydrogen-bond donors (Lipinski definition) is 0. The quantitative estimate of drug-likeness (QED) is 0.573. The van der Waals surface area contributed by atoms with Crippen LogP contribution in [-0.4, -0.2) is 70.6 Å². The minimum atomic E-state index is -0.187. The minimum Gasteiger partial charge on any atom is -0.339 e. The molecule has 0 aliphatic carbocycles. The lowest BCUT2D eigenvalue weighted by Crippen LogP contribution is -2.50. The number of nitrogens with zero attached hydrogens (tertiary/aromatic N) is 3. The number of hydrogen-bond acceptors (Lipinski definition) is 5. The summed E-state index contributed by atoms with van der Waals surface area (Å²) in [6, 6.07) is 9.94. The Balaban J connectivity index is 1.66. The molecule has 2 aliphatic heterocycles. The molecule has 2 heterocycles. The molecule has 0 saturated carbocycles. The Kier molecular flexibility index (Phi) is 6.46. The number of allylic oxidation sites excluding steroid dienone is 2. The van der Waals surface area contributed by atoms with Crippen LogP contribution in [-0.2, 0) is 9.59 Å². The standard InChI is InChI=1S/C20H23N3O2S2/c1-15(12-16-6-4-3-5-7-16)13-17-19(25)23(20(26)27-17)14-18(24)22-10-8-21(2)9-11-22/h3-7,12-13H,8-11,14H2,1-2H3/b15-12+,17-13+. The number of thioether (sulfide) groups is 1. The summed E-state index contributed by atoms with van der Waals surface area (Å²) in [6.45, 7) is 5.07. The molecule has 2 aliphatic rings. The molecular weight excluding hydrogens is 378 g/mol. The molecular formula is C20H23N3O2S2. The first-order valence-electron chi connectivity index (χ1n) is 8.89. The Labute approximate surface area is 169 Å². The van der Waals surface area contributed by atoms with Crippen LogP contribution in [0.3, 0.4) is 0 Å². The van der Waals surface area contributed by atoms with Crippen molar-refractivity contribution in [2.45, 2.75) is 6.92 Å². The SMILES string of the molecule is CC(=C\c1ccccc1)/C=C1/SC(=S)N(CC(=O)N2CCN(C)CC2)C1=O. The van der Waals surface area contributed by atoms with Crippen LogP contribution in [0.5, 0.6) is 0 Å². The van der Waals surface area contributed by atoms with Crippen molar-refractivity contribution in [2.24, 2.45) is 0 Å². The Bertz CT molecular complexity index is 797. The Morgan fingerprint density at radius 3 is 2.52 bits per heavy atom. The Hall–Kier alpha value is -1.96. The van der Waals surface area contributed by atoms with E-state index in [1.54, 1.807) is 0 Å². The van der Waals surface area contributed by atoms with Crippen molar-refractivity contribution in [3.63, 3.8) is 0 Å². The molecule has 1 aromatic carbocycles. The van der Waals surface area contributed by atoms with Gasteiger partial charge in [-0.15, -0.1) is 0 Å². The lowest BCUT2D eigenvalue weighted by molar-refractivity contribution is -0.136. The molecule has 5 nitrogen and oxygen atoms in total. The second-order valence-corrected chi connectivity index (χ2v) is 8.43. The van der Waals surface area contributed by atoms with Gasteiger partial charge in [-0.25, -0.2) is 0 Å². The Morgan fingerprint density at radius 2 is 1.85 bits per heavy atom. The zero-order valence-electron chi connectivity index (χ0n) is 15.6. The second-order valence-electron chi connectivity index (χ2n) is 6.75. The summed E-state index contributed by atoms with van der Waals surface area (Å²) in [6.07, 6.45) is 3.86. The second kappa shape index (κ2) is 8.82. The van der Waals surface area contributed by atoms with E-state index in [0.717, 1.165) is 24.2 Å². The zero-order chi connectivity index (χ0) is 19.4. The summed E-state index contributed by atoms with van der Waals surface area (Å²) in [5.74, 6) is -0.231. The molecule has 0 atom stereocenters. The topological polar surface area (TPSA) is 43.9 Å². The highest BCUT2D eigenvalue weighted by molar-refractivity contribution is 8.26. The molecule has 0 bridgehead atoms. The first kappa shape index (κ1) is 19.8. The highest BCUT2D eigenvalue weighted by Crippen LogP contribution is 2.32. The summed E-state index contributed by atoms with van der Waals surface area (Å²) in [5, 5.41) is 0. The molecule has 7 heteroatoms. The molecule has 1 aromatic rings. The van der Waals surface area contributed by atoms with Gasteiger partial charge in [0.05, 0.1) is 4.91 Å². The van der Waals surface area contributed by atoms with E-state index < -0.39 is 0 Å². The maximum atomic E-state index is 12.7. The number of carbonyl (C=O) groups excluding carboxylic acids is 2. The first-order valence-corrected chi connectivity index (χ1v) is 10.1. The van der Waals surface area contributed by atoms with Crippen LogP contribution < -0.4 is 0 Å². The van der Waals surface area contributed by atoms with Gasteiger partial charge in [0.2, 0.25) is 5.91 Å². The molecule has 27 heavy (non-hydrogen) atoms. The molecule has 0 N–H and O–H groups in total. The van der Waals surface area contributed by atoms with Gasteiger partial charge in [-0.1, -0.05) is 60.4 Å². The molecule has 2 fully saturated rings. The van der Waals surface area contributed by atoms with Crippen LogP contribution in [0.25, 0.3) is 6.08 Å². The number of amides is 2. The van der Waals surface area contributed by atoms with Gasteiger partial charge in [-0.3, -0.25) is 14.5 Å². The van der Waals surface area contributed by atoms with Gasteiger partial charge in [0.25, 0.3) is 5.91 Å². The summed E-state index contributed by atoms with van der Waals surface area (Å²) < 4.78 is 0.446. The molecule has 0 unspecified atom stereocenters. The summed E-state index contributed by atoms with van der Waals surface area (Å²) in [7, 11) is 2.04. The predicted octanol–water partition coefficient (Wildman–Crippen LogP) is 2.61. The van der Waals surface area contributed by atoms with Crippen LogP contribution in [0.15, 0.2) is 46.9 Å². The van der Waals surface area contributed by atoms with Gasteiger partial charge in [0, 0.05) is 26.2 Å². The van der Waals surface area contributed by atoms with E-state index in [9.17, 15) is 9.59 Å². The maximum absolute atomic E-state index is 12.7. The van der Waals surface area contributed by atoms with Crippen LogP contribution in [0, 0.1) is 0 Å². The van der Waals surface area contributed by atoms with Gasteiger partial charge in [0.1, 0.15) is 10.9 Å². The fourth-order valence-electron chi connectivity index (χ4n) is 2.99. The van der Waals surface area contributed by atoms with E-state index in [0.29, 0.717) is 22.3 Å². The normalized spacial score (nSPS) is 20.7. The highest BCUT2D eigenvalue weighted by Gasteiger charge is 2.34. The Morgan fingerprint density at radius 1 is 1.19 bits per heavy atom. The third-order valence-electron chi connectivity index (χ3n) is 4.58. The molecule has 142 valence electrons. The number of benzene rings is 1. The van der Waals surface area contributed by atoms with E-state index in [2.05, 4.69) is 4.90 Å². The van der Waals surface area contributed by atoms with Gasteiger partial charge < -0.3 is 9.80 Å². The van der Waals surface area contributed by atoms with E-state index in [1.807, 2.05) is 61.4 Å². The van der Waals surface area contributed by atoms with Crippen molar-refractivity contribution in [1.29, 1.82) is 0 Å².